The Bertz CT molecular complexity index is 1140. The van der Waals surface area contributed by atoms with Crippen LogP contribution in [0.25, 0.3) is 21.9 Å². The highest BCUT2D eigenvalue weighted by molar-refractivity contribution is 5.90. The van der Waals surface area contributed by atoms with E-state index in [1.807, 2.05) is 36.4 Å². The van der Waals surface area contributed by atoms with Gasteiger partial charge in [-0.3, -0.25) is 4.79 Å². The molecule has 6 nitrogen and oxygen atoms in total. The Morgan fingerprint density at radius 3 is 1.30 bits per heavy atom. The van der Waals surface area contributed by atoms with Crippen LogP contribution in [0.3, 0.4) is 0 Å². The predicted molar refractivity (Wildman–Crippen MR) is 182 cm³/mol. The van der Waals surface area contributed by atoms with Crippen LogP contribution in [0, 0.1) is 0 Å². The van der Waals surface area contributed by atoms with Crippen LogP contribution in [0.1, 0.15) is 105 Å². The van der Waals surface area contributed by atoms with E-state index in [0.717, 1.165) is 50.5 Å². The fraction of sp³-hybridized carbons (Fsp3) is 0.649. The molecule has 0 unspecified atom stereocenters. The second kappa shape index (κ2) is 20.4. The Morgan fingerprint density at radius 1 is 0.535 bits per heavy atom. The van der Waals surface area contributed by atoms with Gasteiger partial charge in [-0.1, -0.05) is 79.1 Å². The number of hydrogen-bond acceptors (Lipinski definition) is 6. The zero-order chi connectivity index (χ0) is 30.7. The summed E-state index contributed by atoms with van der Waals surface area (Å²) in [4.78, 5) is 18.1. The van der Waals surface area contributed by atoms with Crippen LogP contribution in [0.5, 0.6) is 11.5 Å². The van der Waals surface area contributed by atoms with Crippen molar-refractivity contribution in [1.82, 2.24) is 9.80 Å². The average molecular weight is 595 g/mol. The molecule has 0 saturated heterocycles. The van der Waals surface area contributed by atoms with Crippen LogP contribution >= 0.6 is 0 Å². The van der Waals surface area contributed by atoms with E-state index in [9.17, 15) is 4.79 Å². The Balaban J connectivity index is 1.39. The summed E-state index contributed by atoms with van der Waals surface area (Å²) >= 11 is 0. The van der Waals surface area contributed by atoms with Gasteiger partial charge >= 0.3 is 0 Å². The molecular formula is C37H58N2O4. The van der Waals surface area contributed by atoms with Crippen LogP contribution in [0.4, 0.5) is 0 Å². The number of unbranched alkanes of at least 4 members (excludes halogenated alkanes) is 10. The SMILES string of the molecule is CCN(CC)CCCCCCCCOc1ccc2c(=O)c3ccc(OCCCCCCCCN(CC)CC)cc3oc2c1. The fourth-order valence-corrected chi connectivity index (χ4v) is 5.74. The molecular weight excluding hydrogens is 536 g/mol. The van der Waals surface area contributed by atoms with Crippen LogP contribution in [-0.2, 0) is 0 Å². The van der Waals surface area contributed by atoms with Crippen molar-refractivity contribution in [2.45, 2.75) is 105 Å². The number of fused-ring (bicyclic) bond motifs is 2. The summed E-state index contributed by atoms with van der Waals surface area (Å²) < 4.78 is 18.2. The monoisotopic (exact) mass is 594 g/mol. The predicted octanol–water partition coefficient (Wildman–Crippen LogP) is 9.07. The number of nitrogens with zero attached hydrogens (tertiary/aromatic N) is 2. The lowest BCUT2D eigenvalue weighted by Crippen LogP contribution is -2.23. The van der Waals surface area contributed by atoms with Gasteiger partial charge in [0.05, 0.1) is 24.0 Å². The molecule has 0 aliphatic carbocycles. The number of benzene rings is 2. The molecule has 0 aliphatic heterocycles. The zero-order valence-electron chi connectivity index (χ0n) is 27.6. The van der Waals surface area contributed by atoms with Crippen LogP contribution in [0.15, 0.2) is 45.6 Å². The van der Waals surface area contributed by atoms with E-state index in [2.05, 4.69) is 37.5 Å². The van der Waals surface area contributed by atoms with Gasteiger partial charge in [-0.2, -0.15) is 0 Å². The molecule has 1 aromatic heterocycles. The van der Waals surface area contributed by atoms with E-state index in [-0.39, 0.29) is 5.43 Å². The number of rotatable bonds is 24. The van der Waals surface area contributed by atoms with Crippen LogP contribution < -0.4 is 14.9 Å². The van der Waals surface area contributed by atoms with Gasteiger partial charge in [-0.25, -0.2) is 0 Å². The first kappa shape index (κ1) is 34.9. The van der Waals surface area contributed by atoms with Gasteiger partial charge < -0.3 is 23.7 Å². The summed E-state index contributed by atoms with van der Waals surface area (Å²) in [5.74, 6) is 1.49. The van der Waals surface area contributed by atoms with E-state index in [1.54, 1.807) is 0 Å². The topological polar surface area (TPSA) is 55.1 Å². The molecule has 0 spiro atoms. The quantitative estimate of drug-likeness (QED) is 0.0762. The first-order valence-corrected chi connectivity index (χ1v) is 17.3. The van der Waals surface area contributed by atoms with E-state index in [1.165, 1.54) is 77.3 Å². The highest BCUT2D eigenvalue weighted by atomic mass is 16.5. The second-order valence-corrected chi connectivity index (χ2v) is 11.7. The van der Waals surface area contributed by atoms with Gasteiger partial charge in [0.2, 0.25) is 5.43 Å². The van der Waals surface area contributed by atoms with Crippen molar-refractivity contribution < 1.29 is 13.9 Å². The molecule has 3 aromatic rings. The van der Waals surface area contributed by atoms with Crippen LogP contribution in [-0.4, -0.2) is 62.3 Å². The highest BCUT2D eigenvalue weighted by Gasteiger charge is 2.10. The standard InChI is InChI=1S/C37H58N2O4/c1-5-38(6-2)25-17-13-9-11-15-19-27-41-31-21-23-33-35(29-31)43-36-30-32(22-24-34(36)37(33)40)42-28-20-16-12-10-14-18-26-39(7-3)8-4/h21-24,29-30H,5-20,25-28H2,1-4H3. The summed E-state index contributed by atoms with van der Waals surface area (Å²) in [7, 11) is 0. The van der Waals surface area contributed by atoms with Crippen molar-refractivity contribution in [3.8, 4) is 11.5 Å². The van der Waals surface area contributed by atoms with Gasteiger partial charge in [0.25, 0.3) is 0 Å². The summed E-state index contributed by atoms with van der Waals surface area (Å²) in [5, 5.41) is 1.16. The normalized spacial score (nSPS) is 11.8. The minimum Gasteiger partial charge on any atom is -0.493 e. The van der Waals surface area contributed by atoms with Crippen molar-refractivity contribution in [2.75, 3.05) is 52.5 Å². The average Bonchev–Trinajstić information content (AvgIpc) is 3.03. The molecule has 6 heteroatoms. The Labute approximate surface area is 260 Å². The Morgan fingerprint density at radius 2 is 0.907 bits per heavy atom. The van der Waals surface area contributed by atoms with E-state index in [4.69, 9.17) is 13.9 Å². The Hall–Kier alpha value is -2.57. The van der Waals surface area contributed by atoms with Gasteiger partial charge in [0.1, 0.15) is 22.7 Å². The summed E-state index contributed by atoms with van der Waals surface area (Å²) in [6, 6.07) is 11.1. The maximum Gasteiger partial charge on any atom is 0.200 e. The summed E-state index contributed by atoms with van der Waals surface area (Å²) in [6.45, 7) is 17.3. The van der Waals surface area contributed by atoms with E-state index in [0.29, 0.717) is 35.2 Å². The van der Waals surface area contributed by atoms with Crippen molar-refractivity contribution in [1.29, 1.82) is 0 Å². The molecule has 0 aliphatic rings. The molecule has 0 bridgehead atoms. The largest absolute Gasteiger partial charge is 0.493 e. The third-order valence-corrected chi connectivity index (χ3v) is 8.68. The smallest absolute Gasteiger partial charge is 0.200 e. The minimum absolute atomic E-state index is 0.0173. The molecule has 0 radical (unpaired) electrons. The van der Waals surface area contributed by atoms with Crippen molar-refractivity contribution in [3.05, 3.63) is 46.6 Å². The molecule has 1 heterocycles. The highest BCUT2D eigenvalue weighted by Crippen LogP contribution is 2.26. The lowest BCUT2D eigenvalue weighted by Gasteiger charge is -2.17. The first-order valence-electron chi connectivity index (χ1n) is 17.3. The van der Waals surface area contributed by atoms with Crippen molar-refractivity contribution in [3.63, 3.8) is 0 Å². The van der Waals surface area contributed by atoms with Crippen molar-refractivity contribution in [2.24, 2.45) is 0 Å². The molecule has 0 saturated carbocycles. The summed E-state index contributed by atoms with van der Waals surface area (Å²) in [5.41, 5.74) is 1.10. The molecule has 240 valence electrons. The maximum absolute atomic E-state index is 13.1. The molecule has 3 rings (SSSR count). The van der Waals surface area contributed by atoms with Crippen LogP contribution in [0.2, 0.25) is 0 Å². The molecule has 0 fully saturated rings. The third-order valence-electron chi connectivity index (χ3n) is 8.68. The van der Waals surface area contributed by atoms with E-state index < -0.39 is 0 Å². The molecule has 2 aromatic carbocycles. The van der Waals surface area contributed by atoms with E-state index >= 15 is 0 Å². The number of hydrogen-bond donors (Lipinski definition) is 0. The molecule has 0 N–H and O–H groups in total. The second-order valence-electron chi connectivity index (χ2n) is 11.7. The minimum atomic E-state index is -0.0173. The van der Waals surface area contributed by atoms with Gasteiger partial charge in [0, 0.05) is 12.1 Å². The van der Waals surface area contributed by atoms with Gasteiger partial charge in [-0.15, -0.1) is 0 Å². The van der Waals surface area contributed by atoms with Gasteiger partial charge in [-0.05, 0) is 89.2 Å². The third kappa shape index (κ3) is 12.1. The van der Waals surface area contributed by atoms with Crippen molar-refractivity contribution >= 4 is 21.9 Å². The molecule has 0 amide bonds. The molecule has 0 atom stereocenters. The lowest BCUT2D eigenvalue weighted by atomic mass is 10.1. The molecule has 43 heavy (non-hydrogen) atoms. The summed E-state index contributed by atoms with van der Waals surface area (Å²) in [6.07, 6.45) is 14.7. The maximum atomic E-state index is 13.1. The fourth-order valence-electron chi connectivity index (χ4n) is 5.74. The first-order chi connectivity index (χ1) is 21.1. The lowest BCUT2D eigenvalue weighted by molar-refractivity contribution is 0.292. The van der Waals surface area contributed by atoms with Gasteiger partial charge in [0.15, 0.2) is 0 Å². The Kier molecular flexibility index (Phi) is 16.6. The zero-order valence-corrected chi connectivity index (χ0v) is 27.6. The number of ether oxygens (including phenoxy) is 2.